The predicted molar refractivity (Wildman–Crippen MR) is 104 cm³/mol. The Balaban J connectivity index is 1.42. The van der Waals surface area contributed by atoms with Gasteiger partial charge in [0.25, 0.3) is 0 Å². The first-order valence-corrected chi connectivity index (χ1v) is 9.55. The van der Waals surface area contributed by atoms with Crippen LogP contribution >= 0.6 is 11.3 Å². The van der Waals surface area contributed by atoms with E-state index in [1.165, 1.54) is 23.5 Å². The Morgan fingerprint density at radius 2 is 1.86 bits per heavy atom. The summed E-state index contributed by atoms with van der Waals surface area (Å²) in [7, 11) is 0. The van der Waals surface area contributed by atoms with Gasteiger partial charge in [0.2, 0.25) is 0 Å². The van der Waals surface area contributed by atoms with Crippen molar-refractivity contribution in [3.8, 4) is 11.5 Å². The third-order valence-corrected chi connectivity index (χ3v) is 4.93. The second-order valence-corrected chi connectivity index (χ2v) is 7.07. The molecule has 0 fully saturated rings. The molecule has 0 bridgehead atoms. The largest absolute Gasteiger partial charge is 0.486 e. The van der Waals surface area contributed by atoms with Crippen molar-refractivity contribution in [3.63, 3.8) is 0 Å². The van der Waals surface area contributed by atoms with Gasteiger partial charge in [0, 0.05) is 5.38 Å². The Morgan fingerprint density at radius 3 is 2.64 bits per heavy atom. The zero-order valence-corrected chi connectivity index (χ0v) is 16.4. The van der Waals surface area contributed by atoms with Crippen LogP contribution in [0.3, 0.4) is 0 Å². The molecule has 0 radical (unpaired) electrons. The lowest BCUT2D eigenvalue weighted by Crippen LogP contribution is -2.15. The van der Waals surface area contributed by atoms with Crippen LogP contribution in [0.25, 0.3) is 0 Å². The average molecular weight is 401 g/mol. The van der Waals surface area contributed by atoms with Gasteiger partial charge in [-0.05, 0) is 55.3 Å². The minimum atomic E-state index is -0.460. The molecular weight excluding hydrogens is 381 g/mol. The fourth-order valence-corrected chi connectivity index (χ4v) is 3.06. The lowest BCUT2D eigenvalue weighted by atomic mass is 10.1. The molecule has 146 valence electrons. The van der Waals surface area contributed by atoms with Crippen LogP contribution in [0.2, 0.25) is 0 Å². The number of hydrogen-bond acceptors (Lipinski definition) is 6. The van der Waals surface area contributed by atoms with Crippen LogP contribution in [-0.4, -0.2) is 17.6 Å². The van der Waals surface area contributed by atoms with Crippen molar-refractivity contribution in [1.29, 1.82) is 0 Å². The number of benzene rings is 2. The number of carbonyl (C=O) groups is 1. The summed E-state index contributed by atoms with van der Waals surface area (Å²) in [5.41, 5.74) is 2.74. The van der Waals surface area contributed by atoms with Crippen LogP contribution in [-0.2, 0) is 22.7 Å². The van der Waals surface area contributed by atoms with Crippen LogP contribution < -0.4 is 9.47 Å². The Labute approximate surface area is 166 Å². The van der Waals surface area contributed by atoms with Crippen molar-refractivity contribution in [2.24, 2.45) is 0 Å². The number of aromatic nitrogens is 1. The van der Waals surface area contributed by atoms with E-state index in [4.69, 9.17) is 14.2 Å². The number of rotatable bonds is 8. The Kier molecular flexibility index (Phi) is 6.60. The normalized spacial score (nSPS) is 10.5. The maximum atomic E-state index is 12.9. The second kappa shape index (κ2) is 9.32. The highest BCUT2D eigenvalue weighted by atomic mass is 32.1. The molecule has 0 aliphatic heterocycles. The number of thiazole rings is 1. The standard InChI is InChI=1S/C21H20FNO4S/c1-14-4-3-5-19(15(14)2)26-12-21(24)27-10-17-13-28-20(23-17)11-25-18-8-6-16(22)7-9-18/h3-9,13H,10-12H2,1-2H3. The lowest BCUT2D eigenvalue weighted by molar-refractivity contribution is -0.147. The monoisotopic (exact) mass is 401 g/mol. The molecule has 0 unspecified atom stereocenters. The molecule has 7 heteroatoms. The molecule has 0 aliphatic rings. The Bertz CT molecular complexity index is 940. The molecule has 5 nitrogen and oxygen atoms in total. The van der Waals surface area contributed by atoms with Crippen molar-refractivity contribution < 1.29 is 23.4 Å². The van der Waals surface area contributed by atoms with Crippen molar-refractivity contribution in [3.05, 3.63) is 75.5 Å². The number of aryl methyl sites for hydroxylation is 1. The molecule has 1 aromatic heterocycles. The van der Waals surface area contributed by atoms with Gasteiger partial charge in [-0.15, -0.1) is 11.3 Å². The van der Waals surface area contributed by atoms with Gasteiger partial charge < -0.3 is 14.2 Å². The topological polar surface area (TPSA) is 57.7 Å². The highest BCUT2D eigenvalue weighted by Crippen LogP contribution is 2.20. The van der Waals surface area contributed by atoms with E-state index in [1.807, 2.05) is 37.4 Å². The molecular formula is C21H20FNO4S. The zero-order valence-electron chi connectivity index (χ0n) is 15.6. The van der Waals surface area contributed by atoms with Gasteiger partial charge in [-0.1, -0.05) is 12.1 Å². The van der Waals surface area contributed by atoms with E-state index < -0.39 is 5.97 Å². The molecule has 0 saturated carbocycles. The molecule has 0 saturated heterocycles. The molecule has 28 heavy (non-hydrogen) atoms. The summed E-state index contributed by atoms with van der Waals surface area (Å²) in [6, 6.07) is 11.5. The number of hydrogen-bond donors (Lipinski definition) is 0. The summed E-state index contributed by atoms with van der Waals surface area (Å²) in [6.07, 6.45) is 0. The van der Waals surface area contributed by atoms with E-state index >= 15 is 0 Å². The van der Waals surface area contributed by atoms with Crippen molar-refractivity contribution in [1.82, 2.24) is 4.98 Å². The minimum Gasteiger partial charge on any atom is -0.486 e. The molecule has 3 aromatic rings. The van der Waals surface area contributed by atoms with Crippen LogP contribution in [0.1, 0.15) is 21.8 Å². The van der Waals surface area contributed by atoms with Crippen molar-refractivity contribution in [2.75, 3.05) is 6.61 Å². The molecule has 0 N–H and O–H groups in total. The number of halogens is 1. The Morgan fingerprint density at radius 1 is 1.07 bits per heavy atom. The van der Waals surface area contributed by atoms with Crippen LogP contribution in [0.4, 0.5) is 4.39 Å². The van der Waals surface area contributed by atoms with E-state index in [0.29, 0.717) is 17.2 Å². The summed E-state index contributed by atoms with van der Waals surface area (Å²) in [5, 5.41) is 2.55. The SMILES string of the molecule is Cc1cccc(OCC(=O)OCc2csc(COc3ccc(F)cc3)n2)c1C. The molecule has 0 spiro atoms. The van der Waals surface area contributed by atoms with Crippen LogP contribution in [0.5, 0.6) is 11.5 Å². The maximum Gasteiger partial charge on any atom is 0.344 e. The summed E-state index contributed by atoms with van der Waals surface area (Å²) in [5.74, 6) is 0.462. The second-order valence-electron chi connectivity index (χ2n) is 6.12. The highest BCUT2D eigenvalue weighted by Gasteiger charge is 2.10. The summed E-state index contributed by atoms with van der Waals surface area (Å²) < 4.78 is 29.2. The third kappa shape index (κ3) is 5.53. The average Bonchev–Trinajstić information content (AvgIpc) is 3.15. The van der Waals surface area contributed by atoms with Gasteiger partial charge in [0.05, 0.1) is 5.69 Å². The summed E-state index contributed by atoms with van der Waals surface area (Å²) in [6.45, 7) is 4.11. The fourth-order valence-electron chi connectivity index (χ4n) is 2.37. The lowest BCUT2D eigenvalue weighted by Gasteiger charge is -2.10. The van der Waals surface area contributed by atoms with E-state index in [1.54, 1.807) is 12.1 Å². The van der Waals surface area contributed by atoms with Gasteiger partial charge in [-0.25, -0.2) is 14.2 Å². The summed E-state index contributed by atoms with van der Waals surface area (Å²) >= 11 is 1.40. The molecule has 0 aliphatic carbocycles. The van der Waals surface area contributed by atoms with Crippen LogP contribution in [0, 0.1) is 19.7 Å². The van der Waals surface area contributed by atoms with Gasteiger partial charge in [0.1, 0.15) is 35.5 Å². The zero-order chi connectivity index (χ0) is 19.9. The fraction of sp³-hybridized carbons (Fsp3) is 0.238. The Hall–Kier alpha value is -2.93. The van der Waals surface area contributed by atoms with E-state index in [2.05, 4.69) is 4.98 Å². The molecule has 2 aromatic carbocycles. The van der Waals surface area contributed by atoms with E-state index in [9.17, 15) is 9.18 Å². The van der Waals surface area contributed by atoms with Gasteiger partial charge in [0.15, 0.2) is 6.61 Å². The van der Waals surface area contributed by atoms with Gasteiger partial charge in [-0.2, -0.15) is 0 Å². The first-order valence-electron chi connectivity index (χ1n) is 8.67. The predicted octanol–water partition coefficient (Wildman–Crippen LogP) is 4.60. The molecule has 0 amide bonds. The van der Waals surface area contributed by atoms with E-state index in [0.717, 1.165) is 16.1 Å². The molecule has 0 atom stereocenters. The number of ether oxygens (including phenoxy) is 3. The number of nitrogens with zero attached hydrogens (tertiary/aromatic N) is 1. The first-order chi connectivity index (χ1) is 13.5. The van der Waals surface area contributed by atoms with E-state index in [-0.39, 0.29) is 25.6 Å². The maximum absolute atomic E-state index is 12.9. The summed E-state index contributed by atoms with van der Waals surface area (Å²) in [4.78, 5) is 16.3. The number of esters is 1. The molecule has 3 rings (SSSR count). The number of carbonyl (C=O) groups excluding carboxylic acids is 1. The van der Waals surface area contributed by atoms with Crippen molar-refractivity contribution >= 4 is 17.3 Å². The third-order valence-electron chi connectivity index (χ3n) is 4.06. The smallest absolute Gasteiger partial charge is 0.344 e. The highest BCUT2D eigenvalue weighted by molar-refractivity contribution is 7.09. The van der Waals surface area contributed by atoms with Gasteiger partial charge in [-0.3, -0.25) is 0 Å². The van der Waals surface area contributed by atoms with Gasteiger partial charge >= 0.3 is 5.97 Å². The molecule has 1 heterocycles. The minimum absolute atomic E-state index is 0.0715. The van der Waals surface area contributed by atoms with Crippen molar-refractivity contribution in [2.45, 2.75) is 27.1 Å². The first kappa shape index (κ1) is 19.8. The quantitative estimate of drug-likeness (QED) is 0.516. The van der Waals surface area contributed by atoms with Crippen LogP contribution in [0.15, 0.2) is 47.8 Å².